The highest BCUT2D eigenvalue weighted by Crippen LogP contribution is 2.42. The lowest BCUT2D eigenvalue weighted by molar-refractivity contribution is -0.0511. The molecule has 88 valence electrons. The van der Waals surface area contributed by atoms with Gasteiger partial charge in [0.2, 0.25) is 0 Å². The number of aliphatic hydroxyl groups excluding tert-OH is 1. The van der Waals surface area contributed by atoms with Crippen LogP contribution in [0.1, 0.15) is 25.8 Å². The molecule has 2 rings (SSSR count). The van der Waals surface area contributed by atoms with Crippen molar-refractivity contribution in [2.45, 2.75) is 39.3 Å². The third-order valence-electron chi connectivity index (χ3n) is 3.65. The first-order chi connectivity index (χ1) is 7.43. The van der Waals surface area contributed by atoms with E-state index in [4.69, 9.17) is 5.73 Å². The SMILES string of the molecule is Cc1c(N)ncnc1NC1CC(O)C1(C)C. The molecule has 5 nitrogen and oxygen atoms in total. The molecule has 1 aromatic heterocycles. The van der Waals surface area contributed by atoms with E-state index < -0.39 is 0 Å². The van der Waals surface area contributed by atoms with Gasteiger partial charge in [-0.05, 0) is 13.3 Å². The van der Waals surface area contributed by atoms with Crippen molar-refractivity contribution >= 4 is 11.6 Å². The lowest BCUT2D eigenvalue weighted by Crippen LogP contribution is -2.57. The number of nitrogens with one attached hydrogen (secondary N) is 1. The summed E-state index contributed by atoms with van der Waals surface area (Å²) in [6.07, 6.45) is 1.95. The summed E-state index contributed by atoms with van der Waals surface area (Å²) in [5.41, 5.74) is 6.45. The van der Waals surface area contributed by atoms with Gasteiger partial charge in [0.05, 0.1) is 6.10 Å². The van der Waals surface area contributed by atoms with Gasteiger partial charge in [-0.25, -0.2) is 9.97 Å². The van der Waals surface area contributed by atoms with Crippen LogP contribution in [-0.4, -0.2) is 27.2 Å². The zero-order valence-electron chi connectivity index (χ0n) is 9.86. The molecule has 1 aliphatic carbocycles. The minimum absolute atomic E-state index is 0.119. The van der Waals surface area contributed by atoms with E-state index in [1.807, 2.05) is 20.8 Å². The average molecular weight is 222 g/mol. The van der Waals surface area contributed by atoms with E-state index in [2.05, 4.69) is 15.3 Å². The standard InChI is InChI=1S/C11H18N4O/c1-6-9(12)13-5-14-10(6)15-7-4-8(16)11(7,2)3/h5,7-8,16H,4H2,1-3H3,(H3,12,13,14,15). The Labute approximate surface area is 95.1 Å². The van der Waals surface area contributed by atoms with Crippen molar-refractivity contribution in [2.75, 3.05) is 11.1 Å². The van der Waals surface area contributed by atoms with Crippen LogP contribution < -0.4 is 11.1 Å². The third kappa shape index (κ3) is 1.61. The molecule has 1 heterocycles. The summed E-state index contributed by atoms with van der Waals surface area (Å²) >= 11 is 0. The number of nitrogen functional groups attached to an aromatic ring is 1. The quantitative estimate of drug-likeness (QED) is 0.693. The Morgan fingerprint density at radius 3 is 2.75 bits per heavy atom. The molecule has 1 saturated carbocycles. The molecule has 0 saturated heterocycles. The van der Waals surface area contributed by atoms with Crippen molar-refractivity contribution in [1.82, 2.24) is 9.97 Å². The number of hydrogen-bond acceptors (Lipinski definition) is 5. The summed E-state index contributed by atoms with van der Waals surface area (Å²) in [6.45, 7) is 5.97. The highest BCUT2D eigenvalue weighted by atomic mass is 16.3. The summed E-state index contributed by atoms with van der Waals surface area (Å²) in [5.74, 6) is 1.26. The smallest absolute Gasteiger partial charge is 0.134 e. The van der Waals surface area contributed by atoms with Crippen LogP contribution in [-0.2, 0) is 0 Å². The second-order valence-electron chi connectivity index (χ2n) is 5.00. The summed E-state index contributed by atoms with van der Waals surface area (Å²) in [7, 11) is 0. The molecule has 2 atom stereocenters. The first-order valence-corrected chi connectivity index (χ1v) is 5.44. The Morgan fingerprint density at radius 1 is 1.50 bits per heavy atom. The maximum absolute atomic E-state index is 9.65. The van der Waals surface area contributed by atoms with Crippen LogP contribution in [0.5, 0.6) is 0 Å². The number of aliphatic hydroxyl groups is 1. The first kappa shape index (κ1) is 11.1. The molecule has 1 aliphatic rings. The number of hydrogen-bond donors (Lipinski definition) is 3. The molecule has 1 aromatic rings. The van der Waals surface area contributed by atoms with E-state index in [0.717, 1.165) is 17.8 Å². The van der Waals surface area contributed by atoms with Gasteiger partial charge in [-0.1, -0.05) is 13.8 Å². The Hall–Kier alpha value is -1.36. The predicted octanol–water partition coefficient (Wildman–Crippen LogP) is 0.939. The maximum Gasteiger partial charge on any atom is 0.134 e. The molecule has 5 heteroatoms. The van der Waals surface area contributed by atoms with Crippen molar-refractivity contribution in [1.29, 1.82) is 0 Å². The van der Waals surface area contributed by atoms with Gasteiger partial charge < -0.3 is 16.2 Å². The van der Waals surface area contributed by atoms with Gasteiger partial charge in [0.15, 0.2) is 0 Å². The van der Waals surface area contributed by atoms with Gasteiger partial charge in [-0.3, -0.25) is 0 Å². The second-order valence-corrected chi connectivity index (χ2v) is 5.00. The second kappa shape index (κ2) is 3.59. The molecule has 2 unspecified atom stereocenters. The predicted molar refractivity (Wildman–Crippen MR) is 63.0 cm³/mol. The Kier molecular flexibility index (Phi) is 2.50. The van der Waals surface area contributed by atoms with E-state index in [1.165, 1.54) is 6.33 Å². The summed E-state index contributed by atoms with van der Waals surface area (Å²) in [5, 5.41) is 13.0. The molecule has 0 aromatic carbocycles. The Balaban J connectivity index is 2.14. The molecule has 16 heavy (non-hydrogen) atoms. The average Bonchev–Trinajstić information content (AvgIpc) is 2.24. The van der Waals surface area contributed by atoms with E-state index >= 15 is 0 Å². The molecular weight excluding hydrogens is 204 g/mol. The fourth-order valence-electron chi connectivity index (χ4n) is 1.92. The van der Waals surface area contributed by atoms with Gasteiger partial charge in [0.1, 0.15) is 18.0 Å². The van der Waals surface area contributed by atoms with Crippen molar-refractivity contribution in [3.05, 3.63) is 11.9 Å². The van der Waals surface area contributed by atoms with E-state index in [1.54, 1.807) is 0 Å². The normalized spacial score (nSPS) is 27.2. The Bertz CT molecular complexity index is 405. The van der Waals surface area contributed by atoms with Crippen LogP contribution in [0.15, 0.2) is 6.33 Å². The monoisotopic (exact) mass is 222 g/mol. The fourth-order valence-corrected chi connectivity index (χ4v) is 1.92. The molecule has 0 aliphatic heterocycles. The lowest BCUT2D eigenvalue weighted by Gasteiger charge is -2.49. The van der Waals surface area contributed by atoms with Crippen LogP contribution in [0.4, 0.5) is 11.6 Å². The number of aromatic nitrogens is 2. The van der Waals surface area contributed by atoms with Crippen LogP contribution >= 0.6 is 0 Å². The van der Waals surface area contributed by atoms with Gasteiger partial charge in [0, 0.05) is 17.0 Å². The van der Waals surface area contributed by atoms with E-state index in [9.17, 15) is 5.11 Å². The fraction of sp³-hybridized carbons (Fsp3) is 0.636. The van der Waals surface area contributed by atoms with Crippen molar-refractivity contribution in [3.63, 3.8) is 0 Å². The molecule has 0 amide bonds. The molecule has 1 fully saturated rings. The van der Waals surface area contributed by atoms with Gasteiger partial charge in [0.25, 0.3) is 0 Å². The van der Waals surface area contributed by atoms with Crippen LogP contribution in [0.2, 0.25) is 0 Å². The minimum Gasteiger partial charge on any atom is -0.392 e. The Morgan fingerprint density at radius 2 is 2.19 bits per heavy atom. The van der Waals surface area contributed by atoms with Crippen molar-refractivity contribution in [3.8, 4) is 0 Å². The van der Waals surface area contributed by atoms with Crippen LogP contribution in [0.25, 0.3) is 0 Å². The zero-order chi connectivity index (χ0) is 11.9. The minimum atomic E-state index is -0.246. The molecular formula is C11H18N4O. The number of nitrogens with zero attached hydrogens (tertiary/aromatic N) is 2. The topological polar surface area (TPSA) is 84.1 Å². The largest absolute Gasteiger partial charge is 0.392 e. The van der Waals surface area contributed by atoms with Gasteiger partial charge >= 0.3 is 0 Å². The lowest BCUT2D eigenvalue weighted by atomic mass is 9.64. The third-order valence-corrected chi connectivity index (χ3v) is 3.65. The first-order valence-electron chi connectivity index (χ1n) is 5.44. The molecule has 0 bridgehead atoms. The van der Waals surface area contributed by atoms with Gasteiger partial charge in [-0.2, -0.15) is 0 Å². The zero-order valence-corrected chi connectivity index (χ0v) is 9.86. The summed E-state index contributed by atoms with van der Waals surface area (Å²) in [4.78, 5) is 8.09. The van der Waals surface area contributed by atoms with E-state index in [0.29, 0.717) is 5.82 Å². The molecule has 0 spiro atoms. The molecule has 0 radical (unpaired) electrons. The van der Waals surface area contributed by atoms with Crippen molar-refractivity contribution < 1.29 is 5.11 Å². The highest BCUT2D eigenvalue weighted by molar-refractivity contribution is 5.54. The summed E-state index contributed by atoms with van der Waals surface area (Å²) in [6, 6.07) is 0.232. The van der Waals surface area contributed by atoms with Gasteiger partial charge in [-0.15, -0.1) is 0 Å². The number of rotatable bonds is 2. The number of nitrogens with two attached hydrogens (primary N) is 1. The molecule has 4 N–H and O–H groups in total. The maximum atomic E-state index is 9.65. The number of anilines is 2. The van der Waals surface area contributed by atoms with Crippen LogP contribution in [0, 0.1) is 12.3 Å². The highest BCUT2D eigenvalue weighted by Gasteiger charge is 2.47. The van der Waals surface area contributed by atoms with Crippen LogP contribution in [0.3, 0.4) is 0 Å². The summed E-state index contributed by atoms with van der Waals surface area (Å²) < 4.78 is 0. The van der Waals surface area contributed by atoms with Crippen molar-refractivity contribution in [2.24, 2.45) is 5.41 Å². The van der Waals surface area contributed by atoms with E-state index in [-0.39, 0.29) is 17.6 Å².